The molecule has 0 saturated carbocycles. The quantitative estimate of drug-likeness (QED) is 0.475. The van der Waals surface area contributed by atoms with E-state index in [1.165, 1.54) is 4.31 Å². The molecule has 0 heterocycles. The van der Waals surface area contributed by atoms with Crippen LogP contribution in [0.4, 0.5) is 0 Å². The maximum Gasteiger partial charge on any atom is 0.243 e. The number of benzene rings is 2. The molecule has 0 fully saturated rings. The van der Waals surface area contributed by atoms with Crippen molar-refractivity contribution in [2.24, 2.45) is 0 Å². The van der Waals surface area contributed by atoms with Crippen molar-refractivity contribution in [2.75, 3.05) is 20.2 Å². The van der Waals surface area contributed by atoms with Crippen LogP contribution in [0.2, 0.25) is 0 Å². The molecule has 0 aliphatic rings. The lowest BCUT2D eigenvalue weighted by Gasteiger charge is -2.20. The average molecular weight is 394 g/mol. The molecule has 2 aromatic rings. The summed E-state index contributed by atoms with van der Waals surface area (Å²) < 4.78 is 32.4. The number of hydrogen-bond acceptors (Lipinski definition) is 4. The van der Waals surface area contributed by atoms with Gasteiger partial charge in [-0.25, -0.2) is 8.42 Å². The van der Waals surface area contributed by atoms with Crippen molar-refractivity contribution in [1.82, 2.24) is 4.31 Å². The summed E-state index contributed by atoms with van der Waals surface area (Å²) in [6.45, 7) is 3.69. The van der Waals surface area contributed by atoms with Crippen LogP contribution in [0.3, 0.4) is 0 Å². The first-order valence-electron chi connectivity index (χ1n) is 8.58. The van der Waals surface area contributed by atoms with E-state index in [0.717, 1.165) is 5.56 Å². The van der Waals surface area contributed by atoms with Crippen LogP contribution in [-0.2, 0) is 10.0 Å². The molecule has 0 spiro atoms. The highest BCUT2D eigenvalue weighted by Gasteiger charge is 2.24. The Labute approximate surface area is 166 Å². The number of allylic oxidation sites excluding steroid dienone is 2. The monoisotopic (exact) mass is 394 g/mol. The first kappa shape index (κ1) is 21.2. The minimum Gasteiger partial charge on any atom is -0.497 e. The van der Waals surface area contributed by atoms with E-state index in [4.69, 9.17) is 4.74 Å². The molecular formula is C22H22N2O3S. The third kappa shape index (κ3) is 5.68. The molecule has 0 radical (unpaired) electrons. The van der Waals surface area contributed by atoms with E-state index in [1.807, 2.05) is 12.1 Å². The van der Waals surface area contributed by atoms with Crippen molar-refractivity contribution in [1.29, 1.82) is 5.26 Å². The molecule has 0 aliphatic heterocycles. The third-order valence-corrected chi connectivity index (χ3v) is 5.74. The van der Waals surface area contributed by atoms with E-state index < -0.39 is 10.0 Å². The Morgan fingerprint density at radius 2 is 1.86 bits per heavy atom. The lowest BCUT2D eigenvalue weighted by molar-refractivity contribution is 0.415. The molecule has 0 unspecified atom stereocenters. The Morgan fingerprint density at radius 1 is 1.18 bits per heavy atom. The standard InChI is InChI=1S/C22H22N2O3S/c1-3-4-8-15-24(28(25,26)22-9-6-5-7-10-22)18-20(17-23)16-19-11-13-21(27-2)14-12-19/h3-14,16H,1,15,18H2,2H3/b8-4+,20-16+. The second kappa shape index (κ2) is 10.3. The molecular weight excluding hydrogens is 372 g/mol. The van der Waals surface area contributed by atoms with Crippen LogP contribution in [0.5, 0.6) is 5.75 Å². The van der Waals surface area contributed by atoms with Gasteiger partial charge < -0.3 is 4.74 Å². The number of methoxy groups -OCH3 is 1. The highest BCUT2D eigenvalue weighted by molar-refractivity contribution is 7.89. The van der Waals surface area contributed by atoms with Crippen molar-refractivity contribution in [3.63, 3.8) is 0 Å². The minimum absolute atomic E-state index is 0.0404. The fraction of sp³-hybridized carbons (Fsp3) is 0.136. The predicted molar refractivity (Wildman–Crippen MR) is 111 cm³/mol. The van der Waals surface area contributed by atoms with Gasteiger partial charge in [0.2, 0.25) is 10.0 Å². The second-order valence-electron chi connectivity index (χ2n) is 5.83. The van der Waals surface area contributed by atoms with E-state index in [-0.39, 0.29) is 18.0 Å². The van der Waals surface area contributed by atoms with Crippen LogP contribution in [0.15, 0.2) is 89.9 Å². The van der Waals surface area contributed by atoms with Crippen LogP contribution in [-0.4, -0.2) is 32.9 Å². The van der Waals surface area contributed by atoms with Crippen LogP contribution >= 0.6 is 0 Å². The van der Waals surface area contributed by atoms with E-state index in [2.05, 4.69) is 12.6 Å². The summed E-state index contributed by atoms with van der Waals surface area (Å²) in [5.74, 6) is 0.707. The van der Waals surface area contributed by atoms with E-state index in [0.29, 0.717) is 11.3 Å². The number of ether oxygens (including phenoxy) is 1. The summed E-state index contributed by atoms with van der Waals surface area (Å²) in [6.07, 6.45) is 6.61. The molecule has 28 heavy (non-hydrogen) atoms. The number of nitrogens with zero attached hydrogens (tertiary/aromatic N) is 2. The third-order valence-electron chi connectivity index (χ3n) is 3.91. The average Bonchev–Trinajstić information content (AvgIpc) is 2.73. The largest absolute Gasteiger partial charge is 0.497 e. The topological polar surface area (TPSA) is 70.4 Å². The molecule has 144 valence electrons. The Bertz CT molecular complexity index is 986. The smallest absolute Gasteiger partial charge is 0.243 e. The molecule has 0 aromatic heterocycles. The van der Waals surface area contributed by atoms with E-state index in [1.54, 1.807) is 73.9 Å². The van der Waals surface area contributed by atoms with Gasteiger partial charge in [-0.2, -0.15) is 9.57 Å². The highest BCUT2D eigenvalue weighted by Crippen LogP contribution is 2.19. The van der Waals surface area contributed by atoms with Gasteiger partial charge in [0.25, 0.3) is 0 Å². The van der Waals surface area contributed by atoms with Crippen LogP contribution in [0.25, 0.3) is 6.08 Å². The van der Waals surface area contributed by atoms with Crippen LogP contribution < -0.4 is 4.74 Å². The molecule has 2 rings (SSSR count). The molecule has 2 aromatic carbocycles. The highest BCUT2D eigenvalue weighted by atomic mass is 32.2. The van der Waals surface area contributed by atoms with Gasteiger partial charge in [-0.15, -0.1) is 0 Å². The minimum atomic E-state index is -3.75. The SMILES string of the molecule is C=C/C=C/CN(C/C(C#N)=C/c1ccc(OC)cc1)S(=O)(=O)c1ccccc1. The van der Waals surface area contributed by atoms with Crippen LogP contribution in [0.1, 0.15) is 5.56 Å². The fourth-order valence-electron chi connectivity index (χ4n) is 2.47. The van der Waals surface area contributed by atoms with Crippen molar-refractivity contribution >= 4 is 16.1 Å². The fourth-order valence-corrected chi connectivity index (χ4v) is 3.86. The predicted octanol–water partition coefficient (Wildman–Crippen LogP) is 4.04. The summed E-state index contributed by atoms with van der Waals surface area (Å²) in [6, 6.07) is 17.5. The van der Waals surface area contributed by atoms with E-state index in [9.17, 15) is 13.7 Å². The van der Waals surface area contributed by atoms with Gasteiger partial charge >= 0.3 is 0 Å². The van der Waals surface area contributed by atoms with Gasteiger partial charge in [-0.1, -0.05) is 55.1 Å². The zero-order chi connectivity index (χ0) is 20.4. The Hall–Kier alpha value is -3.14. The zero-order valence-corrected chi connectivity index (χ0v) is 16.5. The van der Waals surface area contributed by atoms with Gasteiger partial charge in [0.15, 0.2) is 0 Å². The number of sulfonamides is 1. The van der Waals surface area contributed by atoms with Gasteiger partial charge in [-0.3, -0.25) is 0 Å². The summed E-state index contributed by atoms with van der Waals surface area (Å²) in [5, 5.41) is 9.55. The summed E-state index contributed by atoms with van der Waals surface area (Å²) in [7, 11) is -2.18. The van der Waals surface area contributed by atoms with Crippen molar-refractivity contribution in [3.8, 4) is 11.8 Å². The van der Waals surface area contributed by atoms with Gasteiger partial charge in [0.1, 0.15) is 5.75 Å². The Kier molecular flexibility index (Phi) is 7.76. The zero-order valence-electron chi connectivity index (χ0n) is 15.7. The Balaban J connectivity index is 2.34. The van der Waals surface area contributed by atoms with Crippen molar-refractivity contribution < 1.29 is 13.2 Å². The summed E-state index contributed by atoms with van der Waals surface area (Å²) in [4.78, 5) is 0.184. The van der Waals surface area contributed by atoms with Gasteiger partial charge in [0, 0.05) is 18.7 Å². The van der Waals surface area contributed by atoms with Crippen LogP contribution in [0, 0.1) is 11.3 Å². The lowest BCUT2D eigenvalue weighted by atomic mass is 10.1. The molecule has 0 aliphatic carbocycles. The molecule has 5 nitrogen and oxygen atoms in total. The number of hydrogen-bond donors (Lipinski definition) is 0. The normalized spacial score (nSPS) is 12.1. The maximum absolute atomic E-state index is 13.0. The molecule has 0 amide bonds. The molecule has 0 saturated heterocycles. The number of nitriles is 1. The lowest BCUT2D eigenvalue weighted by Crippen LogP contribution is -2.33. The summed E-state index contributed by atoms with van der Waals surface area (Å²) in [5.41, 5.74) is 1.12. The molecule has 0 N–H and O–H groups in total. The molecule has 6 heteroatoms. The van der Waals surface area contributed by atoms with Gasteiger partial charge in [0.05, 0.1) is 18.1 Å². The van der Waals surface area contributed by atoms with E-state index >= 15 is 0 Å². The van der Waals surface area contributed by atoms with Gasteiger partial charge in [-0.05, 0) is 35.9 Å². The van der Waals surface area contributed by atoms with Crippen molar-refractivity contribution in [2.45, 2.75) is 4.90 Å². The molecule has 0 bridgehead atoms. The first-order valence-corrected chi connectivity index (χ1v) is 10.0. The van der Waals surface area contributed by atoms with Crippen molar-refractivity contribution in [3.05, 3.63) is 90.5 Å². The first-order chi connectivity index (χ1) is 13.5. The number of rotatable bonds is 9. The summed E-state index contributed by atoms with van der Waals surface area (Å²) >= 11 is 0. The second-order valence-corrected chi connectivity index (χ2v) is 7.77. The Morgan fingerprint density at radius 3 is 2.43 bits per heavy atom. The molecule has 0 atom stereocenters. The maximum atomic E-state index is 13.0.